The third-order valence-corrected chi connectivity index (χ3v) is 6.81. The maximum absolute atomic E-state index is 12.9. The average molecular weight is 540 g/mol. The van der Waals surface area contributed by atoms with Gasteiger partial charge in [0, 0.05) is 19.0 Å². The zero-order valence-corrected chi connectivity index (χ0v) is 21.8. The number of carbonyl (C=O) groups excluding carboxylic acids is 2. The van der Waals surface area contributed by atoms with Crippen molar-refractivity contribution in [2.24, 2.45) is 0 Å². The summed E-state index contributed by atoms with van der Waals surface area (Å²) in [5.74, 6) is -1.30. The SMILES string of the molecule is O=C(O)CCN(Cc1ccccc1)C(=O)Cn1cc(CNC(=O)OCC2c3ccccc3-c3ccccc32)nn1. The molecule has 0 atom stereocenters. The second-order valence-electron chi connectivity index (χ2n) is 9.53. The van der Waals surface area contributed by atoms with Crippen LogP contribution in [0.15, 0.2) is 85.1 Å². The van der Waals surface area contributed by atoms with Gasteiger partial charge in [-0.2, -0.15) is 0 Å². The molecule has 1 aromatic heterocycles. The molecule has 5 rings (SSSR count). The number of ether oxygens (including phenoxy) is 1. The number of carboxylic acids is 1. The van der Waals surface area contributed by atoms with Crippen LogP contribution in [-0.2, 0) is 34.0 Å². The van der Waals surface area contributed by atoms with Crippen LogP contribution in [0.2, 0.25) is 0 Å². The molecule has 10 nitrogen and oxygen atoms in total. The normalized spacial score (nSPS) is 11.9. The first-order chi connectivity index (χ1) is 19.5. The van der Waals surface area contributed by atoms with Crippen molar-refractivity contribution in [2.45, 2.75) is 32.0 Å². The van der Waals surface area contributed by atoms with Gasteiger partial charge in [0.05, 0.1) is 19.2 Å². The summed E-state index contributed by atoms with van der Waals surface area (Å²) in [4.78, 5) is 38.0. The first-order valence-electron chi connectivity index (χ1n) is 13.0. The maximum Gasteiger partial charge on any atom is 0.407 e. The van der Waals surface area contributed by atoms with Crippen molar-refractivity contribution in [3.63, 3.8) is 0 Å². The number of nitrogens with one attached hydrogen (secondary N) is 1. The van der Waals surface area contributed by atoms with Gasteiger partial charge in [-0.15, -0.1) is 5.10 Å². The van der Waals surface area contributed by atoms with Gasteiger partial charge in [-0.1, -0.05) is 84.1 Å². The second-order valence-corrected chi connectivity index (χ2v) is 9.53. The van der Waals surface area contributed by atoms with E-state index < -0.39 is 12.1 Å². The lowest BCUT2D eigenvalue weighted by Gasteiger charge is -2.22. The summed E-state index contributed by atoms with van der Waals surface area (Å²) in [5, 5.41) is 19.8. The van der Waals surface area contributed by atoms with Crippen molar-refractivity contribution in [1.82, 2.24) is 25.2 Å². The predicted molar refractivity (Wildman–Crippen MR) is 146 cm³/mol. The quantitative estimate of drug-likeness (QED) is 0.297. The van der Waals surface area contributed by atoms with E-state index in [0.717, 1.165) is 27.8 Å². The summed E-state index contributed by atoms with van der Waals surface area (Å²) in [7, 11) is 0. The molecule has 2 N–H and O–H groups in total. The average Bonchev–Trinajstić information content (AvgIpc) is 3.55. The van der Waals surface area contributed by atoms with Gasteiger partial charge in [0.15, 0.2) is 0 Å². The summed E-state index contributed by atoms with van der Waals surface area (Å²) in [5.41, 5.74) is 5.93. The molecule has 0 unspecified atom stereocenters. The van der Waals surface area contributed by atoms with E-state index in [1.165, 1.54) is 9.58 Å². The smallest absolute Gasteiger partial charge is 0.407 e. The van der Waals surface area contributed by atoms with Gasteiger partial charge in [-0.25, -0.2) is 9.48 Å². The van der Waals surface area contributed by atoms with E-state index in [9.17, 15) is 14.4 Å². The standard InChI is InChI=1S/C30H29N5O5/c36-28(34(15-14-29(37)38)17-21-8-2-1-3-9-21)19-35-18-22(32-33-35)16-31-30(39)40-20-27-25-12-6-4-10-23(25)24-11-5-7-13-26(24)27/h1-13,18,27H,14-17,19-20H2,(H,31,39)(H,37,38). The van der Waals surface area contributed by atoms with Crippen LogP contribution in [0.25, 0.3) is 11.1 Å². The molecular weight excluding hydrogens is 510 g/mol. The fraction of sp³-hybridized carbons (Fsp3) is 0.233. The number of alkyl carbamates (subject to hydrolysis) is 1. The number of aliphatic carboxylic acids is 1. The first kappa shape index (κ1) is 26.6. The van der Waals surface area contributed by atoms with E-state index in [2.05, 4.69) is 39.9 Å². The van der Waals surface area contributed by atoms with Gasteiger partial charge in [0.2, 0.25) is 5.91 Å². The van der Waals surface area contributed by atoms with E-state index in [1.807, 2.05) is 54.6 Å². The lowest BCUT2D eigenvalue weighted by molar-refractivity contribution is -0.139. The van der Waals surface area contributed by atoms with Crippen LogP contribution < -0.4 is 5.32 Å². The molecule has 0 aliphatic heterocycles. The number of aromatic nitrogens is 3. The maximum atomic E-state index is 12.9. The van der Waals surface area contributed by atoms with Crippen molar-refractivity contribution in [3.8, 4) is 11.1 Å². The van der Waals surface area contributed by atoms with Crippen LogP contribution in [-0.4, -0.2) is 56.1 Å². The topological polar surface area (TPSA) is 127 Å². The molecular formula is C30H29N5O5. The molecule has 1 heterocycles. The first-order valence-corrected chi connectivity index (χ1v) is 13.0. The Morgan fingerprint density at radius 2 is 1.57 bits per heavy atom. The van der Waals surface area contributed by atoms with Crippen molar-refractivity contribution in [1.29, 1.82) is 0 Å². The minimum atomic E-state index is -0.979. The van der Waals surface area contributed by atoms with Crippen molar-refractivity contribution < 1.29 is 24.2 Å². The van der Waals surface area contributed by atoms with Gasteiger partial charge in [0.25, 0.3) is 0 Å². The van der Waals surface area contributed by atoms with E-state index in [1.54, 1.807) is 6.20 Å². The van der Waals surface area contributed by atoms with Gasteiger partial charge in [0.1, 0.15) is 18.8 Å². The molecule has 2 amide bonds. The van der Waals surface area contributed by atoms with Gasteiger partial charge < -0.3 is 20.1 Å². The number of hydrogen-bond donors (Lipinski definition) is 2. The van der Waals surface area contributed by atoms with Crippen LogP contribution in [0.3, 0.4) is 0 Å². The zero-order valence-electron chi connectivity index (χ0n) is 21.8. The van der Waals surface area contributed by atoms with E-state index >= 15 is 0 Å². The molecule has 0 radical (unpaired) electrons. The molecule has 0 bridgehead atoms. The summed E-state index contributed by atoms with van der Waals surface area (Å²) < 4.78 is 6.92. The Bertz CT molecular complexity index is 1460. The Morgan fingerprint density at radius 3 is 2.25 bits per heavy atom. The number of nitrogens with zero attached hydrogens (tertiary/aromatic N) is 4. The van der Waals surface area contributed by atoms with Crippen molar-refractivity contribution in [2.75, 3.05) is 13.2 Å². The van der Waals surface area contributed by atoms with Gasteiger partial charge in [-0.3, -0.25) is 9.59 Å². The molecule has 0 fully saturated rings. The number of amides is 2. The second kappa shape index (κ2) is 12.2. The molecule has 0 saturated heterocycles. The number of rotatable bonds is 11. The van der Waals surface area contributed by atoms with Gasteiger partial charge in [-0.05, 0) is 27.8 Å². The minimum Gasteiger partial charge on any atom is -0.481 e. The summed E-state index contributed by atoms with van der Waals surface area (Å²) in [6, 6.07) is 25.6. The minimum absolute atomic E-state index is 0.0370. The number of carbonyl (C=O) groups is 3. The Kier molecular flexibility index (Phi) is 8.15. The Hall–Kier alpha value is -4.99. The molecule has 0 saturated carbocycles. The van der Waals surface area contributed by atoms with Crippen LogP contribution in [0, 0.1) is 0 Å². The van der Waals surface area contributed by atoms with Crippen molar-refractivity contribution >= 4 is 18.0 Å². The summed E-state index contributed by atoms with van der Waals surface area (Å²) >= 11 is 0. The highest BCUT2D eigenvalue weighted by molar-refractivity contribution is 5.79. The van der Waals surface area contributed by atoms with E-state index in [-0.39, 0.29) is 51.0 Å². The zero-order chi connectivity index (χ0) is 27.9. The Balaban J connectivity index is 1.13. The molecule has 10 heteroatoms. The van der Waals surface area contributed by atoms with Crippen LogP contribution in [0.1, 0.15) is 34.7 Å². The Morgan fingerprint density at radius 1 is 0.925 bits per heavy atom. The molecule has 204 valence electrons. The predicted octanol–water partition coefficient (Wildman–Crippen LogP) is 3.82. The largest absolute Gasteiger partial charge is 0.481 e. The molecule has 1 aliphatic rings. The lowest BCUT2D eigenvalue weighted by Crippen LogP contribution is -2.35. The molecule has 4 aromatic rings. The molecule has 0 spiro atoms. The van der Waals surface area contributed by atoms with Crippen LogP contribution in [0.5, 0.6) is 0 Å². The molecule has 1 aliphatic carbocycles. The summed E-state index contributed by atoms with van der Waals surface area (Å²) in [6.07, 6.45) is 0.834. The van der Waals surface area contributed by atoms with E-state index in [0.29, 0.717) is 5.69 Å². The fourth-order valence-corrected chi connectivity index (χ4v) is 4.87. The van der Waals surface area contributed by atoms with Gasteiger partial charge >= 0.3 is 12.1 Å². The number of hydrogen-bond acceptors (Lipinski definition) is 6. The van der Waals surface area contributed by atoms with Crippen molar-refractivity contribution in [3.05, 3.63) is 107 Å². The number of fused-ring (bicyclic) bond motifs is 3. The fourth-order valence-electron chi connectivity index (χ4n) is 4.87. The van der Waals surface area contributed by atoms with Crippen LogP contribution >= 0.6 is 0 Å². The van der Waals surface area contributed by atoms with E-state index in [4.69, 9.17) is 9.84 Å². The Labute approximate surface area is 231 Å². The highest BCUT2D eigenvalue weighted by Crippen LogP contribution is 2.44. The molecule has 3 aromatic carbocycles. The number of carboxylic acid groups (broad SMARTS) is 1. The molecule has 40 heavy (non-hydrogen) atoms. The van der Waals surface area contributed by atoms with Crippen LogP contribution in [0.4, 0.5) is 4.79 Å². The highest BCUT2D eigenvalue weighted by atomic mass is 16.5. The lowest BCUT2D eigenvalue weighted by atomic mass is 9.98. The third-order valence-electron chi connectivity index (χ3n) is 6.81. The number of benzene rings is 3. The highest BCUT2D eigenvalue weighted by Gasteiger charge is 2.29. The summed E-state index contributed by atoms with van der Waals surface area (Å²) in [6.45, 7) is 0.544. The third kappa shape index (κ3) is 6.35. The monoisotopic (exact) mass is 539 g/mol.